The molecule has 2 saturated carbocycles. The zero-order valence-corrected chi connectivity index (χ0v) is 13.1. The first-order valence-corrected chi connectivity index (χ1v) is 7.27. The van der Waals surface area contributed by atoms with Crippen LogP contribution in [-0.4, -0.2) is 50.1 Å². The molecule has 138 valence electrons. The van der Waals surface area contributed by atoms with E-state index in [1.165, 1.54) is 0 Å². The number of fused-ring (bicyclic) bond motifs is 1. The number of rotatable bonds is 4. The largest absolute Gasteiger partial charge is 0.490 e. The first-order valence-electron chi connectivity index (χ1n) is 7.27. The van der Waals surface area contributed by atoms with Gasteiger partial charge in [-0.05, 0) is 31.2 Å². The van der Waals surface area contributed by atoms with Crippen molar-refractivity contribution >= 4 is 17.8 Å². The zero-order chi connectivity index (χ0) is 19.0. The summed E-state index contributed by atoms with van der Waals surface area (Å²) in [6, 6.07) is 0.0326. The molecule has 3 rings (SSSR count). The molecule has 1 aromatic rings. The number of nitrogens with one attached hydrogen (secondary N) is 1. The normalized spacial score (nSPS) is 26.4. The van der Waals surface area contributed by atoms with Gasteiger partial charge in [0.15, 0.2) is 0 Å². The fraction of sp³-hybridized carbons (Fsp3) is 0.571. The van der Waals surface area contributed by atoms with E-state index in [0.29, 0.717) is 12.8 Å². The van der Waals surface area contributed by atoms with Crippen molar-refractivity contribution in [1.82, 2.24) is 15.1 Å². The highest BCUT2D eigenvalue weighted by molar-refractivity contribution is 5.83. The third kappa shape index (κ3) is 4.09. The van der Waals surface area contributed by atoms with Gasteiger partial charge < -0.3 is 15.5 Å². The summed E-state index contributed by atoms with van der Waals surface area (Å²) in [6.45, 7) is 2.11. The van der Waals surface area contributed by atoms with Gasteiger partial charge in [0.1, 0.15) is 6.54 Å². The van der Waals surface area contributed by atoms with Crippen LogP contribution < -0.4 is 5.32 Å². The predicted molar refractivity (Wildman–Crippen MR) is 75.4 cm³/mol. The fourth-order valence-corrected chi connectivity index (χ4v) is 2.91. The number of carboxylic acid groups (broad SMARTS) is 2. The minimum Gasteiger partial charge on any atom is -0.481 e. The van der Waals surface area contributed by atoms with Crippen LogP contribution in [0.4, 0.5) is 13.2 Å². The van der Waals surface area contributed by atoms with E-state index in [1.54, 1.807) is 17.1 Å². The Kier molecular flexibility index (Phi) is 4.78. The van der Waals surface area contributed by atoms with Gasteiger partial charge in [-0.25, -0.2) is 4.79 Å². The molecule has 0 saturated heterocycles. The molecule has 3 N–H and O–H groups in total. The Morgan fingerprint density at radius 1 is 1.36 bits per heavy atom. The van der Waals surface area contributed by atoms with Crippen LogP contribution in [0.1, 0.15) is 18.4 Å². The van der Waals surface area contributed by atoms with E-state index in [-0.39, 0.29) is 24.4 Å². The maximum absolute atomic E-state index is 11.7. The number of nitrogens with zero attached hydrogens (tertiary/aromatic N) is 2. The molecule has 1 amide bonds. The summed E-state index contributed by atoms with van der Waals surface area (Å²) in [5.74, 6) is -3.44. The third-order valence-electron chi connectivity index (χ3n) is 4.29. The van der Waals surface area contributed by atoms with E-state index in [4.69, 9.17) is 15.0 Å². The number of carboxylic acids is 2. The molecule has 0 bridgehead atoms. The highest BCUT2D eigenvalue weighted by atomic mass is 19.4. The molecule has 0 aromatic carbocycles. The van der Waals surface area contributed by atoms with Gasteiger partial charge >= 0.3 is 18.1 Å². The van der Waals surface area contributed by atoms with Gasteiger partial charge in [-0.1, -0.05) is 0 Å². The number of hydrogen-bond donors (Lipinski definition) is 3. The summed E-state index contributed by atoms with van der Waals surface area (Å²) in [7, 11) is 0. The highest BCUT2D eigenvalue weighted by Gasteiger charge is 2.72. The SMILES string of the molecule is Cc1cnn(CC(=O)N[C@@H]2C[C@@]3(C(=O)O)C[C@@H]23)c1.O=C(O)C(F)(F)F. The van der Waals surface area contributed by atoms with E-state index in [1.807, 2.05) is 6.92 Å². The molecule has 25 heavy (non-hydrogen) atoms. The molecule has 1 heterocycles. The Morgan fingerprint density at radius 2 is 1.96 bits per heavy atom. The molecule has 2 aliphatic rings. The topological polar surface area (TPSA) is 122 Å². The Morgan fingerprint density at radius 3 is 2.32 bits per heavy atom. The standard InChI is InChI=1S/C12H15N3O3.C2HF3O2/c1-7-4-13-15(5-7)6-10(16)14-9-3-12(11(17)18)2-8(9)12;3-2(4,5)1(6)7/h4-5,8-9H,2-3,6H2,1H3,(H,14,16)(H,17,18);(H,6,7)/t8-,9+,12-;/m0./s1. The number of aromatic nitrogens is 2. The van der Waals surface area contributed by atoms with Crippen molar-refractivity contribution in [3.63, 3.8) is 0 Å². The zero-order valence-electron chi connectivity index (χ0n) is 13.1. The molecular formula is C14H16F3N3O5. The molecule has 11 heteroatoms. The van der Waals surface area contributed by atoms with Crippen LogP contribution in [0.5, 0.6) is 0 Å². The number of hydrogen-bond acceptors (Lipinski definition) is 4. The summed E-state index contributed by atoms with van der Waals surface area (Å²) >= 11 is 0. The number of carbonyl (C=O) groups is 3. The van der Waals surface area contributed by atoms with Gasteiger partial charge in [0.2, 0.25) is 5.91 Å². The Hall–Kier alpha value is -2.59. The Balaban J connectivity index is 0.000000277. The molecule has 0 unspecified atom stereocenters. The highest BCUT2D eigenvalue weighted by Crippen LogP contribution is 2.67. The average molecular weight is 363 g/mol. The smallest absolute Gasteiger partial charge is 0.481 e. The van der Waals surface area contributed by atoms with Gasteiger partial charge in [-0.15, -0.1) is 0 Å². The average Bonchev–Trinajstić information content (AvgIpc) is 2.88. The minimum atomic E-state index is -5.08. The number of halogens is 3. The number of aryl methyl sites for hydroxylation is 1. The van der Waals surface area contributed by atoms with Crippen LogP contribution in [0.2, 0.25) is 0 Å². The van der Waals surface area contributed by atoms with Crippen molar-refractivity contribution in [2.45, 2.75) is 38.5 Å². The summed E-state index contributed by atoms with van der Waals surface area (Å²) in [5, 5.41) is 23.0. The monoisotopic (exact) mass is 363 g/mol. The molecule has 1 aromatic heterocycles. The van der Waals surface area contributed by atoms with Gasteiger partial charge in [0.25, 0.3) is 0 Å². The Labute approximate surface area is 139 Å². The van der Waals surface area contributed by atoms with E-state index >= 15 is 0 Å². The number of alkyl halides is 3. The summed E-state index contributed by atoms with van der Waals surface area (Å²) in [5.41, 5.74) is 0.499. The van der Waals surface area contributed by atoms with Crippen molar-refractivity contribution in [2.75, 3.05) is 0 Å². The minimum absolute atomic E-state index is 0.0326. The lowest BCUT2D eigenvalue weighted by Gasteiger charge is -2.32. The van der Waals surface area contributed by atoms with Gasteiger partial charge in [-0.3, -0.25) is 14.3 Å². The lowest BCUT2D eigenvalue weighted by Crippen LogP contribution is -2.49. The van der Waals surface area contributed by atoms with Crippen molar-refractivity contribution < 1.29 is 37.8 Å². The quantitative estimate of drug-likeness (QED) is 0.728. The molecule has 3 atom stereocenters. The van der Waals surface area contributed by atoms with Crippen LogP contribution >= 0.6 is 0 Å². The number of carbonyl (C=O) groups excluding carboxylic acids is 1. The second-order valence-corrected chi connectivity index (χ2v) is 6.17. The van der Waals surface area contributed by atoms with E-state index in [0.717, 1.165) is 5.56 Å². The molecule has 0 radical (unpaired) electrons. The second kappa shape index (κ2) is 6.37. The first kappa shape index (κ1) is 18.7. The maximum atomic E-state index is 11.7. The molecule has 2 aliphatic carbocycles. The van der Waals surface area contributed by atoms with E-state index in [9.17, 15) is 22.8 Å². The molecule has 0 aliphatic heterocycles. The van der Waals surface area contributed by atoms with Gasteiger partial charge in [0.05, 0.1) is 11.6 Å². The summed E-state index contributed by atoms with van der Waals surface area (Å²) in [6.07, 6.45) is -0.309. The maximum Gasteiger partial charge on any atom is 0.490 e. The van der Waals surface area contributed by atoms with Crippen LogP contribution in [0.15, 0.2) is 12.4 Å². The van der Waals surface area contributed by atoms with Crippen LogP contribution in [0.3, 0.4) is 0 Å². The molecular weight excluding hydrogens is 347 g/mol. The van der Waals surface area contributed by atoms with E-state index in [2.05, 4.69) is 10.4 Å². The molecule has 8 nitrogen and oxygen atoms in total. The summed E-state index contributed by atoms with van der Waals surface area (Å²) < 4.78 is 33.3. The van der Waals surface area contributed by atoms with Crippen molar-refractivity contribution in [3.05, 3.63) is 18.0 Å². The Bertz CT molecular complexity index is 702. The van der Waals surface area contributed by atoms with Crippen LogP contribution in [0, 0.1) is 18.3 Å². The molecule has 2 fully saturated rings. The van der Waals surface area contributed by atoms with Gasteiger partial charge in [-0.2, -0.15) is 18.3 Å². The fourth-order valence-electron chi connectivity index (χ4n) is 2.91. The van der Waals surface area contributed by atoms with Crippen molar-refractivity contribution in [2.24, 2.45) is 11.3 Å². The summed E-state index contributed by atoms with van der Waals surface area (Å²) in [4.78, 5) is 31.6. The number of aliphatic carboxylic acids is 2. The third-order valence-corrected chi connectivity index (χ3v) is 4.29. The second-order valence-electron chi connectivity index (χ2n) is 6.17. The van der Waals surface area contributed by atoms with Crippen molar-refractivity contribution in [3.8, 4) is 0 Å². The van der Waals surface area contributed by atoms with Crippen LogP contribution in [-0.2, 0) is 20.9 Å². The van der Waals surface area contributed by atoms with E-state index < -0.39 is 23.5 Å². The van der Waals surface area contributed by atoms with Crippen LogP contribution in [0.25, 0.3) is 0 Å². The van der Waals surface area contributed by atoms with Gasteiger partial charge in [0, 0.05) is 12.2 Å². The van der Waals surface area contributed by atoms with Crippen molar-refractivity contribution in [1.29, 1.82) is 0 Å². The number of amides is 1. The lowest BCUT2D eigenvalue weighted by molar-refractivity contribution is -0.192. The first-order chi connectivity index (χ1) is 11.5. The predicted octanol–water partition coefficient (Wildman–Crippen LogP) is 0.804. The lowest BCUT2D eigenvalue weighted by atomic mass is 9.80. The molecule has 0 spiro atoms.